The molecule has 6 nitrogen and oxygen atoms in total. The molecule has 1 aliphatic heterocycles. The summed E-state index contributed by atoms with van der Waals surface area (Å²) in [6.07, 6.45) is 3.15. The molecule has 0 amide bonds. The summed E-state index contributed by atoms with van der Waals surface area (Å²) in [6, 6.07) is 0. The Morgan fingerprint density at radius 3 is 3.00 bits per heavy atom. The molecule has 18 heavy (non-hydrogen) atoms. The lowest BCUT2D eigenvalue weighted by Crippen LogP contribution is -2.50. The van der Waals surface area contributed by atoms with Crippen LogP contribution < -0.4 is 4.90 Å². The number of rotatable bonds is 1. The van der Waals surface area contributed by atoms with Crippen LogP contribution in [0, 0.1) is 0 Å². The van der Waals surface area contributed by atoms with Gasteiger partial charge in [0.1, 0.15) is 11.8 Å². The van der Waals surface area contributed by atoms with Gasteiger partial charge >= 0.3 is 0 Å². The minimum absolute atomic E-state index is 0.213. The highest BCUT2D eigenvalue weighted by atomic mass is 32.2. The average molecular weight is 265 g/mol. The van der Waals surface area contributed by atoms with Crippen molar-refractivity contribution in [1.29, 1.82) is 0 Å². The van der Waals surface area contributed by atoms with Crippen LogP contribution in [-0.4, -0.2) is 47.7 Å². The van der Waals surface area contributed by atoms with E-state index in [0.29, 0.717) is 11.4 Å². The van der Waals surface area contributed by atoms with Crippen LogP contribution in [0.5, 0.6) is 0 Å². The van der Waals surface area contributed by atoms with Gasteiger partial charge in [-0.1, -0.05) is 0 Å². The third kappa shape index (κ3) is 1.78. The maximum Gasteiger partial charge on any atom is 0.182 e. The van der Waals surface area contributed by atoms with Gasteiger partial charge in [0.25, 0.3) is 0 Å². The van der Waals surface area contributed by atoms with Gasteiger partial charge in [0.2, 0.25) is 0 Å². The Labute approximate surface area is 107 Å². The van der Waals surface area contributed by atoms with Crippen molar-refractivity contribution in [2.45, 2.75) is 18.6 Å². The molecule has 1 aliphatic rings. The van der Waals surface area contributed by atoms with E-state index >= 15 is 0 Å². The first-order valence-corrected chi connectivity index (χ1v) is 7.17. The molecule has 0 unspecified atom stereocenters. The van der Waals surface area contributed by atoms with Gasteiger partial charge in [-0.2, -0.15) is 0 Å². The highest BCUT2D eigenvalue weighted by molar-refractivity contribution is 7.86. The van der Waals surface area contributed by atoms with Crippen molar-refractivity contribution < 1.29 is 4.21 Å². The molecular formula is C11H15N5OS. The third-order valence-electron chi connectivity index (χ3n) is 3.24. The zero-order chi connectivity index (χ0) is 12.8. The summed E-state index contributed by atoms with van der Waals surface area (Å²) in [4.78, 5) is 17.8. The predicted molar refractivity (Wildman–Crippen MR) is 71.0 cm³/mol. The molecule has 0 radical (unpaired) electrons. The highest BCUT2D eigenvalue weighted by Gasteiger charge is 2.34. The van der Waals surface area contributed by atoms with Crippen LogP contribution in [0.25, 0.3) is 11.2 Å². The molecule has 1 saturated heterocycles. The van der Waals surface area contributed by atoms with Gasteiger partial charge in [-0.3, -0.25) is 4.21 Å². The molecule has 1 atom stereocenters. The van der Waals surface area contributed by atoms with Crippen molar-refractivity contribution in [2.75, 3.05) is 23.7 Å². The lowest BCUT2D eigenvalue weighted by atomic mass is 10.2. The molecular weight excluding hydrogens is 250 g/mol. The van der Waals surface area contributed by atoms with Crippen molar-refractivity contribution in [3.63, 3.8) is 0 Å². The van der Waals surface area contributed by atoms with Crippen LogP contribution >= 0.6 is 0 Å². The number of aromatic amines is 1. The molecule has 1 N–H and O–H groups in total. The van der Waals surface area contributed by atoms with Gasteiger partial charge < -0.3 is 9.88 Å². The van der Waals surface area contributed by atoms with Gasteiger partial charge in [-0.25, -0.2) is 15.0 Å². The number of nitrogens with zero attached hydrogens (tertiary/aromatic N) is 4. The number of aromatic nitrogens is 4. The SMILES string of the molecule is CC1(C)CN(c2ncnc3nc[nH]c23)CC[S@]1=O. The summed E-state index contributed by atoms with van der Waals surface area (Å²) in [5.41, 5.74) is 1.52. The van der Waals surface area contributed by atoms with E-state index < -0.39 is 10.8 Å². The fourth-order valence-corrected chi connectivity index (χ4v) is 3.49. The minimum atomic E-state index is -0.780. The van der Waals surface area contributed by atoms with Crippen LogP contribution in [0.3, 0.4) is 0 Å². The van der Waals surface area contributed by atoms with Gasteiger partial charge in [0, 0.05) is 29.6 Å². The van der Waals surface area contributed by atoms with Gasteiger partial charge in [-0.15, -0.1) is 0 Å². The van der Waals surface area contributed by atoms with Crippen molar-refractivity contribution in [3.8, 4) is 0 Å². The molecule has 1 fully saturated rings. The summed E-state index contributed by atoms with van der Waals surface area (Å²) in [5.74, 6) is 1.52. The molecule has 96 valence electrons. The van der Waals surface area contributed by atoms with E-state index in [1.807, 2.05) is 13.8 Å². The third-order valence-corrected chi connectivity index (χ3v) is 5.15. The van der Waals surface area contributed by atoms with Crippen molar-refractivity contribution >= 4 is 27.8 Å². The number of fused-ring (bicyclic) bond motifs is 1. The van der Waals surface area contributed by atoms with E-state index in [0.717, 1.165) is 24.4 Å². The Bertz CT molecular complexity index is 608. The van der Waals surface area contributed by atoms with Crippen LogP contribution in [-0.2, 0) is 10.8 Å². The van der Waals surface area contributed by atoms with Gasteiger partial charge in [0.05, 0.1) is 11.1 Å². The first-order valence-electron chi connectivity index (χ1n) is 5.85. The van der Waals surface area contributed by atoms with Crippen LogP contribution in [0.4, 0.5) is 5.82 Å². The second-order valence-electron chi connectivity index (χ2n) is 5.03. The van der Waals surface area contributed by atoms with E-state index in [4.69, 9.17) is 0 Å². The number of imidazole rings is 1. The van der Waals surface area contributed by atoms with E-state index in [9.17, 15) is 4.21 Å². The first-order chi connectivity index (χ1) is 8.58. The zero-order valence-corrected chi connectivity index (χ0v) is 11.2. The van der Waals surface area contributed by atoms with E-state index in [2.05, 4.69) is 24.8 Å². The zero-order valence-electron chi connectivity index (χ0n) is 10.4. The molecule has 2 aromatic heterocycles. The van der Waals surface area contributed by atoms with Crippen molar-refractivity contribution in [2.24, 2.45) is 0 Å². The Kier molecular flexibility index (Phi) is 2.58. The van der Waals surface area contributed by atoms with Crippen molar-refractivity contribution in [1.82, 2.24) is 19.9 Å². The van der Waals surface area contributed by atoms with Crippen LogP contribution in [0.1, 0.15) is 13.8 Å². The molecule has 3 rings (SSSR count). The van der Waals surface area contributed by atoms with E-state index in [1.165, 1.54) is 6.33 Å². The molecule has 0 aromatic carbocycles. The second kappa shape index (κ2) is 4.01. The maximum absolute atomic E-state index is 11.9. The van der Waals surface area contributed by atoms with Gasteiger partial charge in [-0.05, 0) is 13.8 Å². The number of anilines is 1. The fourth-order valence-electron chi connectivity index (χ4n) is 2.25. The predicted octanol–water partition coefficient (Wildman–Crippen LogP) is 0.700. The monoisotopic (exact) mass is 265 g/mol. The van der Waals surface area contributed by atoms with Crippen LogP contribution in [0.15, 0.2) is 12.7 Å². The first kappa shape index (κ1) is 11.6. The number of hydrogen-bond donors (Lipinski definition) is 1. The summed E-state index contributed by atoms with van der Waals surface area (Å²) in [6.45, 7) is 5.53. The highest BCUT2D eigenvalue weighted by Crippen LogP contribution is 2.26. The Balaban J connectivity index is 2.00. The molecule has 2 aromatic rings. The minimum Gasteiger partial charge on any atom is -0.352 e. The standard InChI is InChI=1S/C11H15N5OS/c1-11(2)5-16(3-4-18(11)17)10-8-9(13-6-12-8)14-7-15-10/h6-7H,3-5H2,1-2H3,(H,12,13,14,15)/t18-/m1/s1. The largest absolute Gasteiger partial charge is 0.352 e. The molecule has 3 heterocycles. The fraction of sp³-hybridized carbons (Fsp3) is 0.545. The summed E-state index contributed by atoms with van der Waals surface area (Å²) >= 11 is 0. The normalized spacial score (nSPS) is 23.4. The van der Waals surface area contributed by atoms with Gasteiger partial charge in [0.15, 0.2) is 11.5 Å². The Morgan fingerprint density at radius 2 is 2.22 bits per heavy atom. The number of H-pyrrole nitrogens is 1. The topological polar surface area (TPSA) is 74.8 Å². The molecule has 0 saturated carbocycles. The smallest absolute Gasteiger partial charge is 0.182 e. The molecule has 0 aliphatic carbocycles. The lowest BCUT2D eigenvalue weighted by Gasteiger charge is -2.37. The number of nitrogens with one attached hydrogen (secondary N) is 1. The Hall–Kier alpha value is -1.50. The van der Waals surface area contributed by atoms with Crippen LogP contribution in [0.2, 0.25) is 0 Å². The maximum atomic E-state index is 11.9. The molecule has 7 heteroatoms. The van der Waals surface area contributed by atoms with E-state index in [1.54, 1.807) is 6.33 Å². The summed E-state index contributed by atoms with van der Waals surface area (Å²) < 4.78 is 11.7. The van der Waals surface area contributed by atoms with E-state index in [-0.39, 0.29) is 4.75 Å². The summed E-state index contributed by atoms with van der Waals surface area (Å²) in [5, 5.41) is 0. The molecule has 0 bridgehead atoms. The van der Waals surface area contributed by atoms with Crippen molar-refractivity contribution in [3.05, 3.63) is 12.7 Å². The average Bonchev–Trinajstić information content (AvgIpc) is 2.80. The number of hydrogen-bond acceptors (Lipinski definition) is 5. The Morgan fingerprint density at radius 1 is 1.39 bits per heavy atom. The summed E-state index contributed by atoms with van der Waals surface area (Å²) in [7, 11) is -0.780. The molecule has 0 spiro atoms. The lowest BCUT2D eigenvalue weighted by molar-refractivity contribution is 0.587. The second-order valence-corrected chi connectivity index (χ2v) is 7.23. The quantitative estimate of drug-likeness (QED) is 0.821.